The Balaban J connectivity index is 1.98. The molecule has 4 atom stereocenters. The van der Waals surface area contributed by atoms with Crippen LogP contribution in [0.25, 0.3) is 5.53 Å². The van der Waals surface area contributed by atoms with E-state index in [0.717, 1.165) is 19.4 Å². The number of unbranched alkanes of at least 4 members (excludes halogenated alkanes) is 1. The van der Waals surface area contributed by atoms with Crippen molar-refractivity contribution in [2.75, 3.05) is 6.54 Å². The first-order chi connectivity index (χ1) is 15.2. The van der Waals surface area contributed by atoms with E-state index in [0.29, 0.717) is 5.56 Å². The molecule has 0 radical (unpaired) electrons. The summed E-state index contributed by atoms with van der Waals surface area (Å²) in [6.07, 6.45) is 1.97. The zero-order valence-corrected chi connectivity index (χ0v) is 18.2. The SMILES string of the molecule is CCCCNC(C)[C@H]1C(=O)N[C@@H]1C(C)C(=O)C(=[N+]=[N-])C(=O)OCc1ccc([N+](=O)[O-])cc1. The molecule has 172 valence electrons. The molecular weight excluding hydrogens is 418 g/mol. The number of nitro benzene ring substituents is 1. The standard InChI is InChI=1S/C21H27N5O6/c1-4-5-10-23-13(3)16-17(24-20(16)28)12(2)19(27)18(25-22)21(29)32-11-14-6-8-15(9-7-14)26(30)31/h6-9,12-13,16-17,23H,4-5,10-11H2,1-3H3,(H,24,28)/t12?,13?,16-,17-/m1/s1. The van der Waals surface area contributed by atoms with Crippen LogP contribution in [0.5, 0.6) is 0 Å². The smallest absolute Gasteiger partial charge is 0.441 e. The molecule has 1 heterocycles. The van der Waals surface area contributed by atoms with E-state index in [-0.39, 0.29) is 24.2 Å². The first-order valence-electron chi connectivity index (χ1n) is 10.4. The summed E-state index contributed by atoms with van der Waals surface area (Å²) in [6, 6.07) is 4.65. The predicted molar refractivity (Wildman–Crippen MR) is 113 cm³/mol. The number of nitro groups is 1. The molecular formula is C21H27N5O6. The third-order valence-electron chi connectivity index (χ3n) is 5.53. The number of Topliss-reactive ketones (excluding diaryl/α,β-unsaturated/α-hetero) is 1. The van der Waals surface area contributed by atoms with Gasteiger partial charge in [-0.25, -0.2) is 4.79 Å². The molecule has 1 aliphatic heterocycles. The van der Waals surface area contributed by atoms with Gasteiger partial charge >= 0.3 is 11.7 Å². The third kappa shape index (κ3) is 5.83. The largest absolute Gasteiger partial charge is 0.452 e. The van der Waals surface area contributed by atoms with Crippen molar-refractivity contribution in [3.63, 3.8) is 0 Å². The normalized spacial score (nSPS) is 19.0. The second-order valence-electron chi connectivity index (χ2n) is 7.76. The average molecular weight is 445 g/mol. The van der Waals surface area contributed by atoms with Gasteiger partial charge in [0.15, 0.2) is 0 Å². The maximum Gasteiger partial charge on any atom is 0.441 e. The topological polar surface area (TPSA) is 164 Å². The van der Waals surface area contributed by atoms with Crippen LogP contribution in [0, 0.1) is 22.0 Å². The summed E-state index contributed by atoms with van der Waals surface area (Å²) in [4.78, 5) is 50.1. The van der Waals surface area contributed by atoms with Gasteiger partial charge in [-0.05, 0) is 37.6 Å². The summed E-state index contributed by atoms with van der Waals surface area (Å²) < 4.78 is 5.02. The van der Waals surface area contributed by atoms with E-state index in [2.05, 4.69) is 22.3 Å². The first-order valence-corrected chi connectivity index (χ1v) is 10.4. The van der Waals surface area contributed by atoms with Crippen molar-refractivity contribution in [2.45, 2.75) is 52.3 Å². The maximum atomic E-state index is 12.8. The van der Waals surface area contributed by atoms with E-state index >= 15 is 0 Å². The fourth-order valence-electron chi connectivity index (χ4n) is 3.53. The number of amides is 1. The Morgan fingerprint density at radius 1 is 1.31 bits per heavy atom. The van der Waals surface area contributed by atoms with Gasteiger partial charge in [-0.2, -0.15) is 4.79 Å². The lowest BCUT2D eigenvalue weighted by Crippen LogP contribution is -2.67. The van der Waals surface area contributed by atoms with Crippen LogP contribution in [0.4, 0.5) is 5.69 Å². The lowest BCUT2D eigenvalue weighted by Gasteiger charge is -2.43. The van der Waals surface area contributed by atoms with Crippen molar-refractivity contribution in [3.8, 4) is 0 Å². The molecule has 0 spiro atoms. The summed E-state index contributed by atoms with van der Waals surface area (Å²) in [6.45, 7) is 5.95. The van der Waals surface area contributed by atoms with Gasteiger partial charge in [0.25, 0.3) is 11.5 Å². The van der Waals surface area contributed by atoms with Gasteiger partial charge in [0.2, 0.25) is 5.91 Å². The molecule has 1 fully saturated rings. The maximum absolute atomic E-state index is 12.8. The number of β-lactam (4-membered cyclic amide) rings is 1. The van der Waals surface area contributed by atoms with E-state index in [4.69, 9.17) is 4.74 Å². The van der Waals surface area contributed by atoms with Gasteiger partial charge in [-0.3, -0.25) is 19.7 Å². The Kier molecular flexibility index (Phi) is 8.74. The highest BCUT2D eigenvalue weighted by Gasteiger charge is 2.50. The van der Waals surface area contributed by atoms with Crippen LogP contribution >= 0.6 is 0 Å². The molecule has 1 amide bonds. The number of nitrogens with zero attached hydrogens (tertiary/aromatic N) is 3. The van der Waals surface area contributed by atoms with Crippen LogP contribution in [-0.2, 0) is 25.7 Å². The van der Waals surface area contributed by atoms with Crippen molar-refractivity contribution in [1.29, 1.82) is 0 Å². The average Bonchev–Trinajstić information content (AvgIpc) is 2.76. The van der Waals surface area contributed by atoms with Crippen molar-refractivity contribution < 1.29 is 28.8 Å². The molecule has 2 unspecified atom stereocenters. The molecule has 0 aromatic heterocycles. The van der Waals surface area contributed by atoms with E-state index in [1.807, 2.05) is 6.92 Å². The van der Waals surface area contributed by atoms with Gasteiger partial charge < -0.3 is 20.9 Å². The van der Waals surface area contributed by atoms with Crippen LogP contribution in [0.15, 0.2) is 24.3 Å². The molecule has 2 rings (SSSR count). The monoisotopic (exact) mass is 445 g/mol. The van der Waals surface area contributed by atoms with E-state index < -0.39 is 40.3 Å². The molecule has 0 saturated carbocycles. The highest BCUT2D eigenvalue weighted by molar-refractivity contribution is 6.62. The minimum absolute atomic E-state index is 0.114. The van der Waals surface area contributed by atoms with E-state index in [1.165, 1.54) is 24.3 Å². The zero-order valence-electron chi connectivity index (χ0n) is 18.2. The molecule has 1 aliphatic rings. The first kappa shape index (κ1) is 24.8. The molecule has 11 heteroatoms. The number of benzene rings is 1. The third-order valence-corrected chi connectivity index (χ3v) is 5.53. The Bertz CT molecular complexity index is 925. The number of carbonyl (C=O) groups is 3. The highest BCUT2D eigenvalue weighted by atomic mass is 16.6. The fraction of sp³-hybridized carbons (Fsp3) is 0.524. The molecule has 0 aliphatic carbocycles. The fourth-order valence-corrected chi connectivity index (χ4v) is 3.53. The number of ether oxygens (including phenoxy) is 1. The second-order valence-corrected chi connectivity index (χ2v) is 7.76. The summed E-state index contributed by atoms with van der Waals surface area (Å²) in [5, 5.41) is 16.7. The van der Waals surface area contributed by atoms with Crippen molar-refractivity contribution in [1.82, 2.24) is 10.6 Å². The van der Waals surface area contributed by atoms with Crippen LogP contribution in [0.3, 0.4) is 0 Å². The number of non-ortho nitro benzene ring substituents is 1. The number of hydrogen-bond donors (Lipinski definition) is 2. The number of carbonyl (C=O) groups excluding carboxylic acids is 3. The summed E-state index contributed by atoms with van der Waals surface area (Å²) in [5.74, 6) is -3.34. The van der Waals surface area contributed by atoms with Gasteiger partial charge in [0, 0.05) is 24.1 Å². The zero-order chi connectivity index (χ0) is 23.8. The van der Waals surface area contributed by atoms with Crippen molar-refractivity contribution >= 4 is 29.1 Å². The number of ketones is 1. The Labute approximate surface area is 185 Å². The molecule has 1 aromatic carbocycles. The van der Waals surface area contributed by atoms with Crippen LogP contribution in [0.2, 0.25) is 0 Å². The molecule has 1 aromatic rings. The van der Waals surface area contributed by atoms with Crippen LogP contribution in [-0.4, -0.2) is 51.7 Å². The second kappa shape index (κ2) is 11.3. The molecule has 11 nitrogen and oxygen atoms in total. The summed E-state index contributed by atoms with van der Waals surface area (Å²) in [7, 11) is 0. The van der Waals surface area contributed by atoms with Crippen LogP contribution < -0.4 is 10.6 Å². The van der Waals surface area contributed by atoms with Gasteiger partial charge in [-0.1, -0.05) is 20.3 Å². The van der Waals surface area contributed by atoms with E-state index in [1.54, 1.807) is 6.92 Å². The summed E-state index contributed by atoms with van der Waals surface area (Å²) >= 11 is 0. The molecule has 32 heavy (non-hydrogen) atoms. The minimum atomic E-state index is -1.13. The number of nitrogens with one attached hydrogen (secondary N) is 2. The Morgan fingerprint density at radius 2 is 1.97 bits per heavy atom. The van der Waals surface area contributed by atoms with Crippen LogP contribution in [0.1, 0.15) is 39.2 Å². The van der Waals surface area contributed by atoms with Gasteiger partial charge in [0.05, 0.1) is 16.9 Å². The van der Waals surface area contributed by atoms with E-state index in [9.17, 15) is 30.0 Å². The van der Waals surface area contributed by atoms with Crippen molar-refractivity contribution in [2.24, 2.45) is 11.8 Å². The minimum Gasteiger partial charge on any atom is -0.452 e. The predicted octanol–water partition coefficient (Wildman–Crippen LogP) is 1.41. The number of hydrogen-bond acceptors (Lipinski definition) is 7. The van der Waals surface area contributed by atoms with Crippen molar-refractivity contribution in [3.05, 3.63) is 45.5 Å². The number of esters is 1. The molecule has 1 saturated heterocycles. The Hall–Kier alpha value is -3.43. The number of rotatable bonds is 12. The van der Waals surface area contributed by atoms with Gasteiger partial charge in [-0.15, -0.1) is 0 Å². The lowest BCUT2D eigenvalue weighted by molar-refractivity contribution is -0.384. The quantitative estimate of drug-likeness (QED) is 0.0565. The molecule has 0 bridgehead atoms. The summed E-state index contributed by atoms with van der Waals surface area (Å²) in [5.41, 5.74) is 8.82. The highest BCUT2D eigenvalue weighted by Crippen LogP contribution is 2.26. The lowest BCUT2D eigenvalue weighted by atomic mass is 9.75. The Morgan fingerprint density at radius 3 is 2.50 bits per heavy atom. The van der Waals surface area contributed by atoms with Gasteiger partial charge in [0.1, 0.15) is 6.61 Å². The molecule has 2 N–H and O–H groups in total.